The maximum Gasteiger partial charge on any atom is 0.242 e. The average Bonchev–Trinajstić information content (AvgIpc) is 2.91. The van der Waals surface area contributed by atoms with Crippen molar-refractivity contribution in [2.24, 2.45) is 4.99 Å². The molecule has 1 saturated heterocycles. The molecule has 1 aliphatic heterocycles. The molecule has 2 amide bonds. The van der Waals surface area contributed by atoms with E-state index >= 15 is 0 Å². The standard InChI is InChI=1S/C20H20ClN3O3S/c1-3-27-16-9-7-14(8-10-16)23-20-24(2)19(26)17(28-20)12-18(25)22-15-6-4-5-13(21)11-15/h4-11,17H,3,12H2,1-2H3,(H,22,25)/t17-/m0/s1. The van der Waals surface area contributed by atoms with Crippen molar-refractivity contribution >= 4 is 51.7 Å². The summed E-state index contributed by atoms with van der Waals surface area (Å²) in [5.41, 5.74) is 1.32. The van der Waals surface area contributed by atoms with Crippen LogP contribution in [0.25, 0.3) is 0 Å². The van der Waals surface area contributed by atoms with Crippen LogP contribution in [0.1, 0.15) is 13.3 Å². The Morgan fingerprint density at radius 1 is 1.29 bits per heavy atom. The number of thioether (sulfide) groups is 1. The highest BCUT2D eigenvalue weighted by molar-refractivity contribution is 8.15. The van der Waals surface area contributed by atoms with Gasteiger partial charge in [0.1, 0.15) is 11.0 Å². The third kappa shape index (κ3) is 5.05. The van der Waals surface area contributed by atoms with Gasteiger partial charge in [0.05, 0.1) is 12.3 Å². The molecule has 0 radical (unpaired) electrons. The van der Waals surface area contributed by atoms with E-state index in [1.165, 1.54) is 16.7 Å². The van der Waals surface area contributed by atoms with E-state index in [-0.39, 0.29) is 18.2 Å². The molecule has 8 heteroatoms. The fourth-order valence-corrected chi connectivity index (χ4v) is 3.98. The van der Waals surface area contributed by atoms with Crippen LogP contribution < -0.4 is 10.1 Å². The van der Waals surface area contributed by atoms with Gasteiger partial charge in [-0.15, -0.1) is 0 Å². The van der Waals surface area contributed by atoms with Crippen LogP contribution in [0.4, 0.5) is 11.4 Å². The van der Waals surface area contributed by atoms with Crippen LogP contribution >= 0.6 is 23.4 Å². The van der Waals surface area contributed by atoms with Gasteiger partial charge in [-0.1, -0.05) is 29.4 Å². The number of carbonyl (C=O) groups excluding carboxylic acids is 2. The largest absolute Gasteiger partial charge is 0.494 e. The lowest BCUT2D eigenvalue weighted by Crippen LogP contribution is -2.30. The second-order valence-corrected chi connectivity index (χ2v) is 7.69. The lowest BCUT2D eigenvalue weighted by Gasteiger charge is -2.09. The molecule has 28 heavy (non-hydrogen) atoms. The Bertz CT molecular complexity index is 902. The Balaban J connectivity index is 1.64. The molecule has 0 aromatic heterocycles. The van der Waals surface area contributed by atoms with Crippen molar-refractivity contribution in [2.75, 3.05) is 19.0 Å². The zero-order chi connectivity index (χ0) is 20.1. The number of amides is 2. The van der Waals surface area contributed by atoms with Crippen molar-refractivity contribution in [3.05, 3.63) is 53.6 Å². The van der Waals surface area contributed by atoms with E-state index in [0.29, 0.717) is 22.5 Å². The van der Waals surface area contributed by atoms with Crippen molar-refractivity contribution in [1.82, 2.24) is 4.90 Å². The summed E-state index contributed by atoms with van der Waals surface area (Å²) in [6.07, 6.45) is 0.0582. The molecule has 1 N–H and O–H groups in total. The van der Waals surface area contributed by atoms with Gasteiger partial charge in [-0.3, -0.25) is 14.5 Å². The number of hydrogen-bond donors (Lipinski definition) is 1. The first-order valence-corrected chi connectivity index (χ1v) is 10.0. The molecule has 0 bridgehead atoms. The molecule has 146 valence electrons. The summed E-state index contributed by atoms with van der Waals surface area (Å²) < 4.78 is 5.42. The minimum Gasteiger partial charge on any atom is -0.494 e. The number of amidine groups is 1. The number of ether oxygens (including phenoxy) is 1. The maximum atomic E-state index is 12.5. The maximum absolute atomic E-state index is 12.5. The van der Waals surface area contributed by atoms with E-state index in [1.807, 2.05) is 31.2 Å². The molecular formula is C20H20ClN3O3S. The molecule has 1 atom stereocenters. The molecule has 3 rings (SSSR count). The third-order valence-electron chi connectivity index (χ3n) is 3.99. The molecular weight excluding hydrogens is 398 g/mol. The number of hydrogen-bond acceptors (Lipinski definition) is 5. The first-order chi connectivity index (χ1) is 13.5. The van der Waals surface area contributed by atoms with E-state index in [1.54, 1.807) is 31.3 Å². The fraction of sp³-hybridized carbons (Fsp3) is 0.250. The molecule has 1 fully saturated rings. The number of anilines is 1. The van der Waals surface area contributed by atoms with Gasteiger partial charge < -0.3 is 10.1 Å². The number of benzene rings is 2. The second-order valence-electron chi connectivity index (χ2n) is 6.09. The van der Waals surface area contributed by atoms with Crippen molar-refractivity contribution in [2.45, 2.75) is 18.6 Å². The highest BCUT2D eigenvalue weighted by atomic mass is 35.5. The smallest absolute Gasteiger partial charge is 0.242 e. The average molecular weight is 418 g/mol. The molecule has 0 aliphatic carbocycles. The zero-order valence-corrected chi connectivity index (χ0v) is 17.1. The summed E-state index contributed by atoms with van der Waals surface area (Å²) in [6, 6.07) is 14.2. The van der Waals surface area contributed by atoms with E-state index in [9.17, 15) is 9.59 Å². The minimum atomic E-state index is -0.509. The van der Waals surface area contributed by atoms with Crippen LogP contribution in [-0.2, 0) is 9.59 Å². The molecule has 0 saturated carbocycles. The van der Waals surface area contributed by atoms with Crippen LogP contribution in [0, 0.1) is 0 Å². The van der Waals surface area contributed by atoms with Gasteiger partial charge in [0.2, 0.25) is 11.8 Å². The molecule has 2 aromatic rings. The predicted octanol–water partition coefficient (Wildman–Crippen LogP) is 4.33. The zero-order valence-electron chi connectivity index (χ0n) is 15.5. The Morgan fingerprint density at radius 3 is 2.71 bits per heavy atom. The Morgan fingerprint density at radius 2 is 2.04 bits per heavy atom. The van der Waals surface area contributed by atoms with E-state index < -0.39 is 5.25 Å². The van der Waals surface area contributed by atoms with Crippen molar-refractivity contribution in [3.8, 4) is 5.75 Å². The number of aliphatic imine (C=N–C) groups is 1. The summed E-state index contributed by atoms with van der Waals surface area (Å²) in [7, 11) is 1.66. The normalized spacial score (nSPS) is 17.8. The fourth-order valence-electron chi connectivity index (χ4n) is 2.64. The number of nitrogens with zero attached hydrogens (tertiary/aromatic N) is 2. The molecule has 0 spiro atoms. The quantitative estimate of drug-likeness (QED) is 0.759. The van der Waals surface area contributed by atoms with Crippen molar-refractivity contribution in [3.63, 3.8) is 0 Å². The van der Waals surface area contributed by atoms with Crippen LogP contribution in [0.2, 0.25) is 5.02 Å². The summed E-state index contributed by atoms with van der Waals surface area (Å²) in [6.45, 7) is 2.52. The van der Waals surface area contributed by atoms with Gasteiger partial charge in [0.15, 0.2) is 5.17 Å². The molecule has 0 unspecified atom stereocenters. The van der Waals surface area contributed by atoms with Gasteiger partial charge >= 0.3 is 0 Å². The van der Waals surface area contributed by atoms with Gasteiger partial charge in [-0.25, -0.2) is 4.99 Å². The first kappa shape index (κ1) is 20.2. The SMILES string of the molecule is CCOc1ccc(N=C2S[C@@H](CC(=O)Nc3cccc(Cl)c3)C(=O)N2C)cc1. The summed E-state index contributed by atoms with van der Waals surface area (Å²) in [4.78, 5) is 30.8. The minimum absolute atomic E-state index is 0.0582. The topological polar surface area (TPSA) is 71.0 Å². The van der Waals surface area contributed by atoms with E-state index in [0.717, 1.165) is 11.4 Å². The number of halogens is 1. The first-order valence-electron chi connectivity index (χ1n) is 8.77. The van der Waals surface area contributed by atoms with Gasteiger partial charge in [-0.05, 0) is 49.4 Å². The van der Waals surface area contributed by atoms with E-state index in [4.69, 9.17) is 16.3 Å². The highest BCUT2D eigenvalue weighted by Crippen LogP contribution is 2.31. The van der Waals surface area contributed by atoms with Gasteiger partial charge in [-0.2, -0.15) is 0 Å². The molecule has 1 heterocycles. The van der Waals surface area contributed by atoms with Crippen LogP contribution in [0.3, 0.4) is 0 Å². The predicted molar refractivity (Wildman–Crippen MR) is 114 cm³/mol. The van der Waals surface area contributed by atoms with Crippen molar-refractivity contribution < 1.29 is 14.3 Å². The lowest BCUT2D eigenvalue weighted by molar-refractivity contribution is -0.127. The molecule has 2 aromatic carbocycles. The number of nitrogens with one attached hydrogen (secondary N) is 1. The Labute approximate surface area is 172 Å². The summed E-state index contributed by atoms with van der Waals surface area (Å²) in [5, 5.41) is 3.36. The van der Waals surface area contributed by atoms with Crippen LogP contribution in [-0.4, -0.2) is 40.8 Å². The molecule has 6 nitrogen and oxygen atoms in total. The lowest BCUT2D eigenvalue weighted by atomic mass is 10.2. The summed E-state index contributed by atoms with van der Waals surface area (Å²) in [5.74, 6) is 0.380. The Hall–Kier alpha value is -2.51. The summed E-state index contributed by atoms with van der Waals surface area (Å²) >= 11 is 7.21. The number of carbonyl (C=O) groups is 2. The second kappa shape index (κ2) is 9.12. The van der Waals surface area contributed by atoms with Crippen LogP contribution in [0.15, 0.2) is 53.5 Å². The molecule has 1 aliphatic rings. The highest BCUT2D eigenvalue weighted by Gasteiger charge is 2.37. The van der Waals surface area contributed by atoms with Crippen LogP contribution in [0.5, 0.6) is 5.75 Å². The Kier molecular flexibility index (Phi) is 6.59. The van der Waals surface area contributed by atoms with Gasteiger partial charge in [0, 0.05) is 24.2 Å². The third-order valence-corrected chi connectivity index (χ3v) is 5.46. The van der Waals surface area contributed by atoms with Gasteiger partial charge in [0.25, 0.3) is 0 Å². The van der Waals surface area contributed by atoms with E-state index in [2.05, 4.69) is 10.3 Å². The number of rotatable bonds is 6. The monoisotopic (exact) mass is 417 g/mol. The van der Waals surface area contributed by atoms with Crippen molar-refractivity contribution in [1.29, 1.82) is 0 Å².